The number of amides is 1. The van der Waals surface area contributed by atoms with Gasteiger partial charge in [-0.15, -0.1) is 0 Å². The number of aromatic amines is 2. The van der Waals surface area contributed by atoms with E-state index in [9.17, 15) is 9.59 Å². The van der Waals surface area contributed by atoms with Gasteiger partial charge < -0.3 is 14.4 Å². The molecule has 3 heterocycles. The maximum atomic E-state index is 12.3. The Hall–Kier alpha value is -3.07. The summed E-state index contributed by atoms with van der Waals surface area (Å²) in [5.41, 5.74) is -0.541. The van der Waals surface area contributed by atoms with Gasteiger partial charge in [0.1, 0.15) is 17.4 Å². The third kappa shape index (κ3) is 4.25. The number of hydrogen-bond donors (Lipinski definition) is 2. The van der Waals surface area contributed by atoms with E-state index in [0.29, 0.717) is 47.3 Å². The van der Waals surface area contributed by atoms with Gasteiger partial charge in [-0.3, -0.25) is 4.98 Å². The van der Waals surface area contributed by atoms with Crippen LogP contribution in [-0.4, -0.2) is 56.0 Å². The van der Waals surface area contributed by atoms with E-state index < -0.39 is 11.3 Å². The molecule has 2 N–H and O–H groups in total. The van der Waals surface area contributed by atoms with Gasteiger partial charge in [0.25, 0.3) is 0 Å². The number of carbonyl (C=O) groups excluding carboxylic acids is 1. The number of pyridine rings is 1. The van der Waals surface area contributed by atoms with Crippen molar-refractivity contribution in [2.45, 2.75) is 38.9 Å². The Morgan fingerprint density at radius 1 is 1.33 bits per heavy atom. The zero-order valence-electron chi connectivity index (χ0n) is 16.9. The minimum Gasteiger partial charge on any atom is -0.472 e. The number of halogens is 1. The summed E-state index contributed by atoms with van der Waals surface area (Å²) in [4.78, 5) is 32.5. The lowest BCUT2D eigenvalue weighted by Crippen LogP contribution is -2.36. The van der Waals surface area contributed by atoms with Crippen LogP contribution < -0.4 is 10.4 Å². The van der Waals surface area contributed by atoms with Crippen molar-refractivity contribution in [2.24, 2.45) is 0 Å². The van der Waals surface area contributed by atoms with Crippen LogP contribution in [-0.2, 0) is 4.74 Å². The van der Waals surface area contributed by atoms with E-state index in [2.05, 4.69) is 20.2 Å². The molecular weight excluding hydrogens is 410 g/mol. The van der Waals surface area contributed by atoms with Crippen LogP contribution in [0.5, 0.6) is 5.88 Å². The SMILES string of the molecule is CC(C)(C)OC(=O)N1CCC(Oc2nc(-c3n[nH]c(=O)[nH]3)cc3cccc(Cl)c23)C1. The Bertz CT molecular complexity index is 1150. The van der Waals surface area contributed by atoms with Crippen LogP contribution in [0.25, 0.3) is 22.3 Å². The Kier molecular flexibility index (Phi) is 5.15. The summed E-state index contributed by atoms with van der Waals surface area (Å²) >= 11 is 6.42. The van der Waals surface area contributed by atoms with Gasteiger partial charge in [0.2, 0.25) is 5.88 Å². The largest absolute Gasteiger partial charge is 0.472 e. The van der Waals surface area contributed by atoms with Crippen molar-refractivity contribution in [2.75, 3.05) is 13.1 Å². The topological polar surface area (TPSA) is 113 Å². The summed E-state index contributed by atoms with van der Waals surface area (Å²) in [5, 5.41) is 8.24. The van der Waals surface area contributed by atoms with Crippen LogP contribution in [0.3, 0.4) is 0 Å². The first-order valence-electron chi connectivity index (χ1n) is 9.58. The third-order valence-corrected chi connectivity index (χ3v) is 4.91. The predicted octanol–water partition coefficient (Wildman–Crippen LogP) is 3.35. The molecule has 1 amide bonds. The third-order valence-electron chi connectivity index (χ3n) is 4.59. The van der Waals surface area contributed by atoms with E-state index in [1.165, 1.54) is 0 Å². The summed E-state index contributed by atoms with van der Waals surface area (Å²) in [6, 6.07) is 7.25. The van der Waals surface area contributed by atoms with E-state index in [0.717, 1.165) is 5.39 Å². The highest BCUT2D eigenvalue weighted by atomic mass is 35.5. The molecule has 2 aromatic heterocycles. The number of aromatic nitrogens is 4. The molecule has 1 aromatic carbocycles. The fourth-order valence-electron chi connectivity index (χ4n) is 3.30. The molecule has 0 spiro atoms. The minimum atomic E-state index is -0.559. The quantitative estimate of drug-likeness (QED) is 0.657. The number of rotatable bonds is 3. The zero-order chi connectivity index (χ0) is 21.5. The molecule has 1 unspecified atom stereocenters. The molecule has 158 valence electrons. The lowest BCUT2D eigenvalue weighted by atomic mass is 10.1. The number of benzene rings is 1. The number of fused-ring (bicyclic) bond motifs is 1. The molecule has 1 aliphatic heterocycles. The molecule has 0 aliphatic carbocycles. The van der Waals surface area contributed by atoms with Crippen molar-refractivity contribution < 1.29 is 14.3 Å². The molecule has 9 nitrogen and oxygen atoms in total. The second kappa shape index (κ2) is 7.64. The van der Waals surface area contributed by atoms with E-state index in [4.69, 9.17) is 21.1 Å². The average molecular weight is 432 g/mol. The van der Waals surface area contributed by atoms with Gasteiger partial charge >= 0.3 is 11.8 Å². The first kappa shape index (κ1) is 20.2. The van der Waals surface area contributed by atoms with Crippen LogP contribution in [0.2, 0.25) is 5.02 Å². The second-order valence-electron chi connectivity index (χ2n) is 8.13. The van der Waals surface area contributed by atoms with Gasteiger partial charge in [-0.25, -0.2) is 19.7 Å². The molecule has 1 saturated heterocycles. The average Bonchev–Trinajstić information content (AvgIpc) is 3.29. The van der Waals surface area contributed by atoms with Crippen molar-refractivity contribution >= 4 is 28.5 Å². The van der Waals surface area contributed by atoms with Gasteiger partial charge in [0, 0.05) is 13.0 Å². The Labute approximate surface area is 177 Å². The van der Waals surface area contributed by atoms with Crippen molar-refractivity contribution in [3.05, 3.63) is 39.8 Å². The standard InChI is InChI=1S/C20H22ClN5O4/c1-20(2,3)30-19(28)26-8-7-12(10-26)29-17-15-11(5-4-6-13(15)21)9-14(22-17)16-23-18(27)25-24-16/h4-6,9,12H,7-8,10H2,1-3H3,(H2,23,24,25,27). The monoisotopic (exact) mass is 431 g/mol. The fourth-order valence-corrected chi connectivity index (χ4v) is 3.57. The van der Waals surface area contributed by atoms with E-state index >= 15 is 0 Å². The normalized spacial score (nSPS) is 16.8. The highest BCUT2D eigenvalue weighted by molar-refractivity contribution is 6.36. The number of carbonyl (C=O) groups is 1. The number of ether oxygens (including phenoxy) is 2. The van der Waals surface area contributed by atoms with Crippen molar-refractivity contribution in [3.63, 3.8) is 0 Å². The number of likely N-dealkylation sites (tertiary alicyclic amines) is 1. The Morgan fingerprint density at radius 2 is 2.13 bits per heavy atom. The minimum absolute atomic E-state index is 0.266. The Morgan fingerprint density at radius 3 is 2.83 bits per heavy atom. The molecule has 0 radical (unpaired) electrons. The van der Waals surface area contributed by atoms with Crippen LogP contribution >= 0.6 is 11.6 Å². The number of nitrogens with zero attached hydrogens (tertiary/aromatic N) is 3. The van der Waals surface area contributed by atoms with E-state index in [1.807, 2.05) is 32.9 Å². The van der Waals surface area contributed by atoms with Crippen LogP contribution in [0.15, 0.2) is 29.1 Å². The van der Waals surface area contributed by atoms with Gasteiger partial charge in [-0.2, -0.15) is 5.10 Å². The maximum absolute atomic E-state index is 12.3. The van der Waals surface area contributed by atoms with E-state index in [-0.39, 0.29) is 12.2 Å². The molecular formula is C20H22ClN5O4. The van der Waals surface area contributed by atoms with Gasteiger partial charge in [-0.1, -0.05) is 23.7 Å². The van der Waals surface area contributed by atoms with Crippen LogP contribution in [0, 0.1) is 0 Å². The molecule has 4 rings (SSSR count). The lowest BCUT2D eigenvalue weighted by Gasteiger charge is -2.24. The summed E-state index contributed by atoms with van der Waals surface area (Å²) in [7, 11) is 0. The first-order chi connectivity index (χ1) is 14.2. The smallest absolute Gasteiger partial charge is 0.410 e. The molecule has 0 bridgehead atoms. The first-order valence-corrected chi connectivity index (χ1v) is 9.96. The molecule has 30 heavy (non-hydrogen) atoms. The maximum Gasteiger partial charge on any atom is 0.410 e. The molecule has 3 aromatic rings. The van der Waals surface area contributed by atoms with Crippen LogP contribution in [0.1, 0.15) is 27.2 Å². The van der Waals surface area contributed by atoms with Gasteiger partial charge in [0.15, 0.2) is 5.82 Å². The summed E-state index contributed by atoms with van der Waals surface area (Å²) in [5.74, 6) is 0.626. The van der Waals surface area contributed by atoms with Crippen molar-refractivity contribution in [1.29, 1.82) is 0 Å². The van der Waals surface area contributed by atoms with Crippen LogP contribution in [0.4, 0.5) is 4.79 Å². The summed E-state index contributed by atoms with van der Waals surface area (Å²) in [6.07, 6.45) is 0.00125. The highest BCUT2D eigenvalue weighted by Gasteiger charge is 2.31. The van der Waals surface area contributed by atoms with Gasteiger partial charge in [-0.05, 0) is 38.3 Å². The predicted molar refractivity (Wildman–Crippen MR) is 112 cm³/mol. The molecule has 1 aliphatic rings. The molecule has 10 heteroatoms. The second-order valence-corrected chi connectivity index (χ2v) is 8.54. The Balaban J connectivity index is 1.62. The zero-order valence-corrected chi connectivity index (χ0v) is 17.6. The lowest BCUT2D eigenvalue weighted by molar-refractivity contribution is 0.0275. The summed E-state index contributed by atoms with van der Waals surface area (Å²) < 4.78 is 11.6. The number of H-pyrrole nitrogens is 2. The highest BCUT2D eigenvalue weighted by Crippen LogP contribution is 2.34. The molecule has 1 fully saturated rings. The number of hydrogen-bond acceptors (Lipinski definition) is 6. The van der Waals surface area contributed by atoms with Gasteiger partial charge in [0.05, 0.1) is 17.0 Å². The van der Waals surface area contributed by atoms with Crippen molar-refractivity contribution in [3.8, 4) is 17.4 Å². The number of nitrogens with one attached hydrogen (secondary N) is 2. The molecule has 1 atom stereocenters. The molecule has 0 saturated carbocycles. The van der Waals surface area contributed by atoms with Crippen molar-refractivity contribution in [1.82, 2.24) is 25.1 Å². The fraction of sp³-hybridized carbons (Fsp3) is 0.400. The summed E-state index contributed by atoms with van der Waals surface area (Å²) in [6.45, 7) is 6.40. The van der Waals surface area contributed by atoms with E-state index in [1.54, 1.807) is 17.0 Å².